The van der Waals surface area contributed by atoms with Crippen LogP contribution < -0.4 is 5.73 Å². The summed E-state index contributed by atoms with van der Waals surface area (Å²) in [5, 5.41) is 4.32. The smallest absolute Gasteiger partial charge is 0.0783 e. The zero-order valence-corrected chi connectivity index (χ0v) is 12.2. The molecule has 6 heteroatoms. The van der Waals surface area contributed by atoms with E-state index in [0.717, 1.165) is 29.6 Å². The number of methoxy groups -OCH3 is 1. The first kappa shape index (κ1) is 14.0. The predicted octanol–water partition coefficient (Wildman–Crippen LogP) is 1.86. The molecule has 1 fully saturated rings. The van der Waals surface area contributed by atoms with E-state index in [1.165, 1.54) is 6.42 Å². The van der Waals surface area contributed by atoms with Crippen molar-refractivity contribution in [2.75, 3.05) is 20.3 Å². The Hall–Kier alpha value is -0.430. The van der Waals surface area contributed by atoms with Gasteiger partial charge in [-0.2, -0.15) is 5.10 Å². The first-order valence-corrected chi connectivity index (χ1v) is 7.10. The highest BCUT2D eigenvalue weighted by atomic mass is 79.9. The molecule has 0 radical (unpaired) electrons. The molecule has 0 saturated carbocycles. The molecule has 2 N–H and O–H groups in total. The first-order valence-electron chi connectivity index (χ1n) is 6.31. The van der Waals surface area contributed by atoms with Crippen molar-refractivity contribution in [3.05, 3.63) is 16.4 Å². The van der Waals surface area contributed by atoms with Crippen LogP contribution >= 0.6 is 15.9 Å². The molecule has 1 saturated heterocycles. The lowest BCUT2D eigenvalue weighted by Crippen LogP contribution is -2.34. The van der Waals surface area contributed by atoms with Crippen molar-refractivity contribution in [2.24, 2.45) is 5.73 Å². The Labute approximate surface area is 116 Å². The summed E-state index contributed by atoms with van der Waals surface area (Å²) in [7, 11) is 1.68. The highest BCUT2D eigenvalue weighted by molar-refractivity contribution is 9.10. The fraction of sp³-hybridized carbons (Fsp3) is 0.750. The van der Waals surface area contributed by atoms with Crippen molar-refractivity contribution in [1.29, 1.82) is 0 Å². The molecule has 0 aliphatic carbocycles. The largest absolute Gasteiger partial charge is 0.383 e. The molecule has 1 aromatic heterocycles. The quantitative estimate of drug-likeness (QED) is 0.900. The monoisotopic (exact) mass is 317 g/mol. The lowest BCUT2D eigenvalue weighted by molar-refractivity contribution is -0.00195. The van der Waals surface area contributed by atoms with Gasteiger partial charge in [-0.15, -0.1) is 0 Å². The molecular weight excluding hydrogens is 298 g/mol. The molecule has 2 rings (SSSR count). The van der Waals surface area contributed by atoms with E-state index >= 15 is 0 Å². The molecule has 2 atom stereocenters. The molecule has 0 amide bonds. The van der Waals surface area contributed by atoms with Crippen LogP contribution in [0.4, 0.5) is 0 Å². The summed E-state index contributed by atoms with van der Waals surface area (Å²) in [4.78, 5) is 0. The number of hydrogen-bond donors (Lipinski definition) is 1. The van der Waals surface area contributed by atoms with E-state index in [2.05, 4.69) is 21.0 Å². The van der Waals surface area contributed by atoms with Crippen LogP contribution in [0.1, 0.15) is 31.0 Å². The van der Waals surface area contributed by atoms with Gasteiger partial charge >= 0.3 is 0 Å². The zero-order valence-electron chi connectivity index (χ0n) is 10.6. The minimum Gasteiger partial charge on any atom is -0.383 e. The van der Waals surface area contributed by atoms with Crippen LogP contribution in [0, 0.1) is 0 Å². The maximum Gasteiger partial charge on any atom is 0.0783 e. The lowest BCUT2D eigenvalue weighted by Gasteiger charge is -2.28. The van der Waals surface area contributed by atoms with Gasteiger partial charge in [-0.05, 0) is 35.2 Å². The van der Waals surface area contributed by atoms with Crippen molar-refractivity contribution in [1.82, 2.24) is 9.78 Å². The van der Waals surface area contributed by atoms with Gasteiger partial charge in [-0.3, -0.25) is 4.68 Å². The molecule has 102 valence electrons. The maximum absolute atomic E-state index is 6.33. The molecule has 2 heterocycles. The summed E-state index contributed by atoms with van der Waals surface area (Å²) in [5.74, 6) is 0. The average Bonchev–Trinajstić information content (AvgIpc) is 2.77. The summed E-state index contributed by atoms with van der Waals surface area (Å²) < 4.78 is 13.7. The number of rotatable bonds is 5. The van der Waals surface area contributed by atoms with Crippen molar-refractivity contribution in [2.45, 2.75) is 38.0 Å². The van der Waals surface area contributed by atoms with Crippen molar-refractivity contribution < 1.29 is 9.47 Å². The summed E-state index contributed by atoms with van der Waals surface area (Å²) in [6.45, 7) is 2.14. The molecular formula is C12H20BrN3O2. The Balaban J connectivity index is 2.12. The molecule has 0 bridgehead atoms. The van der Waals surface area contributed by atoms with Gasteiger partial charge in [0.15, 0.2) is 0 Å². The Bertz CT molecular complexity index is 377. The Kier molecular flexibility index (Phi) is 5.17. The van der Waals surface area contributed by atoms with Crippen LogP contribution in [0.2, 0.25) is 0 Å². The van der Waals surface area contributed by atoms with Crippen molar-refractivity contribution >= 4 is 15.9 Å². The Morgan fingerprint density at radius 1 is 1.67 bits per heavy atom. The SMILES string of the molecule is COCCn1ncc(Br)c1C(N)C1CCCCO1. The number of nitrogens with two attached hydrogens (primary N) is 1. The standard InChI is InChI=1S/C12H20BrN3O2/c1-17-7-5-16-12(9(13)8-15-16)11(14)10-4-2-3-6-18-10/h8,10-11H,2-7,14H2,1H3. The van der Waals surface area contributed by atoms with Crippen LogP contribution in [-0.2, 0) is 16.0 Å². The van der Waals surface area contributed by atoms with Crippen LogP contribution in [0.5, 0.6) is 0 Å². The topological polar surface area (TPSA) is 62.3 Å². The third kappa shape index (κ3) is 3.12. The van der Waals surface area contributed by atoms with Crippen molar-refractivity contribution in [3.8, 4) is 0 Å². The van der Waals surface area contributed by atoms with Gasteiger partial charge in [0.25, 0.3) is 0 Å². The average molecular weight is 318 g/mol. The van der Waals surface area contributed by atoms with Gasteiger partial charge in [0, 0.05) is 13.7 Å². The summed E-state index contributed by atoms with van der Waals surface area (Å²) >= 11 is 3.52. The van der Waals surface area contributed by atoms with Crippen LogP contribution in [0.15, 0.2) is 10.7 Å². The van der Waals surface area contributed by atoms with E-state index in [-0.39, 0.29) is 12.1 Å². The third-order valence-corrected chi connectivity index (χ3v) is 3.88. The minimum absolute atomic E-state index is 0.0908. The Morgan fingerprint density at radius 3 is 3.17 bits per heavy atom. The first-order chi connectivity index (χ1) is 8.74. The second kappa shape index (κ2) is 6.65. The molecule has 1 aliphatic rings. The molecule has 1 aliphatic heterocycles. The summed E-state index contributed by atoms with van der Waals surface area (Å²) in [6, 6.07) is -0.140. The van der Waals surface area contributed by atoms with Gasteiger partial charge < -0.3 is 15.2 Å². The second-order valence-electron chi connectivity index (χ2n) is 4.52. The lowest BCUT2D eigenvalue weighted by atomic mass is 10.0. The molecule has 5 nitrogen and oxygen atoms in total. The van der Waals surface area contributed by atoms with Gasteiger partial charge in [0.2, 0.25) is 0 Å². The normalized spacial score (nSPS) is 22.1. The van der Waals surface area contributed by atoms with E-state index in [4.69, 9.17) is 15.2 Å². The van der Waals surface area contributed by atoms with E-state index < -0.39 is 0 Å². The van der Waals surface area contributed by atoms with Crippen LogP contribution in [0.25, 0.3) is 0 Å². The molecule has 2 unspecified atom stereocenters. The predicted molar refractivity (Wildman–Crippen MR) is 72.3 cm³/mol. The zero-order chi connectivity index (χ0) is 13.0. The molecule has 0 aromatic carbocycles. The number of ether oxygens (including phenoxy) is 2. The molecule has 18 heavy (non-hydrogen) atoms. The second-order valence-corrected chi connectivity index (χ2v) is 5.38. The number of hydrogen-bond acceptors (Lipinski definition) is 4. The van der Waals surface area contributed by atoms with E-state index in [9.17, 15) is 0 Å². The van der Waals surface area contributed by atoms with Gasteiger partial charge in [-0.1, -0.05) is 0 Å². The minimum atomic E-state index is -0.140. The van der Waals surface area contributed by atoms with E-state index in [0.29, 0.717) is 13.2 Å². The fourth-order valence-electron chi connectivity index (χ4n) is 2.28. The van der Waals surface area contributed by atoms with E-state index in [1.54, 1.807) is 13.3 Å². The van der Waals surface area contributed by atoms with Crippen molar-refractivity contribution in [3.63, 3.8) is 0 Å². The third-order valence-electron chi connectivity index (χ3n) is 3.27. The summed E-state index contributed by atoms with van der Waals surface area (Å²) in [6.07, 6.45) is 5.21. The number of nitrogens with zero attached hydrogens (tertiary/aromatic N) is 2. The molecule has 1 aromatic rings. The summed E-state index contributed by atoms with van der Waals surface area (Å²) in [5.41, 5.74) is 7.33. The Morgan fingerprint density at radius 2 is 2.50 bits per heavy atom. The highest BCUT2D eigenvalue weighted by Gasteiger charge is 2.27. The molecule has 0 spiro atoms. The van der Waals surface area contributed by atoms with E-state index in [1.807, 2.05) is 4.68 Å². The maximum atomic E-state index is 6.33. The fourth-order valence-corrected chi connectivity index (χ4v) is 2.84. The number of aromatic nitrogens is 2. The van der Waals surface area contributed by atoms with Gasteiger partial charge in [0.05, 0.1) is 41.7 Å². The highest BCUT2D eigenvalue weighted by Crippen LogP contribution is 2.29. The van der Waals surface area contributed by atoms with Crippen LogP contribution in [-0.4, -0.2) is 36.2 Å². The number of halogens is 1. The van der Waals surface area contributed by atoms with Crippen LogP contribution in [0.3, 0.4) is 0 Å². The van der Waals surface area contributed by atoms with Gasteiger partial charge in [-0.25, -0.2) is 0 Å². The van der Waals surface area contributed by atoms with Gasteiger partial charge in [0.1, 0.15) is 0 Å².